The summed E-state index contributed by atoms with van der Waals surface area (Å²) in [7, 11) is 0. The number of aliphatic hydroxyl groups is 2. The molecule has 0 aliphatic heterocycles. The van der Waals surface area contributed by atoms with Gasteiger partial charge in [-0.15, -0.1) is 0 Å². The zero-order valence-electron chi connectivity index (χ0n) is 9.58. The molecule has 15 heavy (non-hydrogen) atoms. The molecule has 0 aromatic carbocycles. The summed E-state index contributed by atoms with van der Waals surface area (Å²) in [5, 5.41) is 22.4. The summed E-state index contributed by atoms with van der Waals surface area (Å²) in [6, 6.07) is 0.546. The average Bonchev–Trinajstić information content (AvgIpc) is 3.14. The van der Waals surface area contributed by atoms with Gasteiger partial charge in [0.2, 0.25) is 0 Å². The van der Waals surface area contributed by atoms with Gasteiger partial charge in [0.15, 0.2) is 0 Å². The largest absolute Gasteiger partial charge is 0.394 e. The molecule has 0 heterocycles. The van der Waals surface area contributed by atoms with Crippen molar-refractivity contribution >= 4 is 0 Å². The first-order chi connectivity index (χ1) is 7.24. The van der Waals surface area contributed by atoms with Gasteiger partial charge in [-0.3, -0.25) is 0 Å². The molecule has 0 saturated heterocycles. The van der Waals surface area contributed by atoms with Crippen molar-refractivity contribution in [1.82, 2.24) is 5.32 Å². The van der Waals surface area contributed by atoms with Crippen LogP contribution in [0, 0.1) is 11.8 Å². The fourth-order valence-electron chi connectivity index (χ4n) is 2.35. The van der Waals surface area contributed by atoms with Gasteiger partial charge >= 0.3 is 0 Å². The van der Waals surface area contributed by atoms with Gasteiger partial charge in [0, 0.05) is 6.04 Å². The maximum Gasteiger partial charge on any atom is 0.0647 e. The third-order valence-electron chi connectivity index (χ3n) is 4.01. The summed E-state index contributed by atoms with van der Waals surface area (Å²) in [5.74, 6) is 1.61. The quantitative estimate of drug-likeness (QED) is 0.589. The molecule has 3 N–H and O–H groups in total. The number of aliphatic hydroxyl groups excluding tert-OH is 2. The molecule has 0 amide bonds. The van der Waals surface area contributed by atoms with Crippen LogP contribution in [0.25, 0.3) is 0 Å². The Morgan fingerprint density at radius 3 is 1.87 bits per heavy atom. The molecular weight excluding hydrogens is 190 g/mol. The first-order valence-electron chi connectivity index (χ1n) is 6.24. The highest BCUT2D eigenvalue weighted by Crippen LogP contribution is 2.45. The minimum atomic E-state index is -0.449. The van der Waals surface area contributed by atoms with Crippen LogP contribution in [0.5, 0.6) is 0 Å². The minimum absolute atomic E-state index is 0.0376. The highest BCUT2D eigenvalue weighted by atomic mass is 16.3. The van der Waals surface area contributed by atoms with Gasteiger partial charge in [-0.05, 0) is 43.9 Å². The molecule has 3 heteroatoms. The van der Waals surface area contributed by atoms with E-state index in [2.05, 4.69) is 5.32 Å². The Bertz CT molecular complexity index is 187. The number of nitrogens with one attached hydrogen (secondary N) is 1. The average molecular weight is 213 g/mol. The molecule has 2 rings (SSSR count). The SMILES string of the molecule is CCC(CO)(CO)NC(C1CC1)C1CC1. The van der Waals surface area contributed by atoms with E-state index in [-0.39, 0.29) is 13.2 Å². The van der Waals surface area contributed by atoms with E-state index in [1.165, 1.54) is 25.7 Å². The van der Waals surface area contributed by atoms with E-state index in [0.29, 0.717) is 6.04 Å². The van der Waals surface area contributed by atoms with Crippen LogP contribution in [0.4, 0.5) is 0 Å². The highest BCUT2D eigenvalue weighted by molar-refractivity contribution is 5.01. The molecule has 2 aliphatic carbocycles. The van der Waals surface area contributed by atoms with Crippen LogP contribution in [0.2, 0.25) is 0 Å². The van der Waals surface area contributed by atoms with Gasteiger partial charge in [0.1, 0.15) is 0 Å². The Labute approximate surface area is 91.9 Å². The van der Waals surface area contributed by atoms with Gasteiger partial charge in [-0.25, -0.2) is 0 Å². The lowest BCUT2D eigenvalue weighted by Gasteiger charge is -2.35. The van der Waals surface area contributed by atoms with Gasteiger partial charge in [0.25, 0.3) is 0 Å². The third kappa shape index (κ3) is 2.52. The van der Waals surface area contributed by atoms with Gasteiger partial charge in [-0.2, -0.15) is 0 Å². The highest BCUT2D eigenvalue weighted by Gasteiger charge is 2.44. The zero-order valence-corrected chi connectivity index (χ0v) is 9.58. The molecule has 2 aliphatic rings. The van der Waals surface area contributed by atoms with Crippen LogP contribution >= 0.6 is 0 Å². The smallest absolute Gasteiger partial charge is 0.0647 e. The Morgan fingerprint density at radius 2 is 1.60 bits per heavy atom. The van der Waals surface area contributed by atoms with Crippen molar-refractivity contribution in [2.45, 2.75) is 50.6 Å². The molecule has 3 nitrogen and oxygen atoms in total. The van der Waals surface area contributed by atoms with E-state index in [1.807, 2.05) is 6.92 Å². The molecule has 0 bridgehead atoms. The van der Waals surface area contributed by atoms with Crippen LogP contribution in [0.3, 0.4) is 0 Å². The third-order valence-corrected chi connectivity index (χ3v) is 4.01. The second-order valence-electron chi connectivity index (χ2n) is 5.30. The van der Waals surface area contributed by atoms with Gasteiger partial charge in [-0.1, -0.05) is 6.92 Å². The maximum atomic E-state index is 9.41. The molecule has 0 aromatic rings. The van der Waals surface area contributed by atoms with Crippen molar-refractivity contribution in [2.24, 2.45) is 11.8 Å². The van der Waals surface area contributed by atoms with E-state index in [9.17, 15) is 10.2 Å². The summed E-state index contributed by atoms with van der Waals surface area (Å²) >= 11 is 0. The monoisotopic (exact) mass is 213 g/mol. The van der Waals surface area contributed by atoms with Crippen molar-refractivity contribution in [2.75, 3.05) is 13.2 Å². The number of hydrogen-bond donors (Lipinski definition) is 3. The molecule has 0 aromatic heterocycles. The molecule has 0 radical (unpaired) electrons. The van der Waals surface area contributed by atoms with Crippen molar-refractivity contribution in [3.05, 3.63) is 0 Å². The normalized spacial score (nSPS) is 22.4. The molecule has 2 saturated carbocycles. The molecule has 2 fully saturated rings. The van der Waals surface area contributed by atoms with Crippen LogP contribution in [0.1, 0.15) is 39.0 Å². The molecule has 0 spiro atoms. The lowest BCUT2D eigenvalue weighted by molar-refractivity contribution is 0.0717. The van der Waals surface area contributed by atoms with Crippen molar-refractivity contribution < 1.29 is 10.2 Å². The maximum absolute atomic E-state index is 9.41. The zero-order chi connectivity index (χ0) is 10.9. The van der Waals surface area contributed by atoms with E-state index < -0.39 is 5.54 Å². The Morgan fingerprint density at radius 1 is 1.13 bits per heavy atom. The lowest BCUT2D eigenvalue weighted by Crippen LogP contribution is -2.56. The molecule has 0 atom stereocenters. The molecular formula is C12H23NO2. The predicted octanol–water partition coefficient (Wildman–Crippen LogP) is 0.898. The number of rotatable bonds is 7. The van der Waals surface area contributed by atoms with Crippen molar-refractivity contribution in [3.63, 3.8) is 0 Å². The summed E-state index contributed by atoms with van der Waals surface area (Å²) in [4.78, 5) is 0. The Kier molecular flexibility index (Phi) is 3.33. The Balaban J connectivity index is 1.95. The van der Waals surface area contributed by atoms with Gasteiger partial charge in [0.05, 0.1) is 18.8 Å². The number of hydrogen-bond acceptors (Lipinski definition) is 3. The molecule has 88 valence electrons. The lowest BCUT2D eigenvalue weighted by atomic mass is 9.94. The first kappa shape index (κ1) is 11.4. The fraction of sp³-hybridized carbons (Fsp3) is 1.00. The standard InChI is InChI=1S/C12H23NO2/c1-2-12(7-14,8-15)13-11(9-3-4-9)10-5-6-10/h9-11,13-15H,2-8H2,1H3. The van der Waals surface area contributed by atoms with E-state index in [1.54, 1.807) is 0 Å². The minimum Gasteiger partial charge on any atom is -0.394 e. The predicted molar refractivity (Wildman–Crippen MR) is 59.6 cm³/mol. The Hall–Kier alpha value is -0.120. The van der Waals surface area contributed by atoms with Crippen LogP contribution < -0.4 is 5.32 Å². The van der Waals surface area contributed by atoms with Crippen LogP contribution in [-0.4, -0.2) is 35.0 Å². The summed E-state index contributed by atoms with van der Waals surface area (Å²) in [6.07, 6.45) is 6.08. The second kappa shape index (κ2) is 4.40. The van der Waals surface area contributed by atoms with Crippen LogP contribution in [0.15, 0.2) is 0 Å². The summed E-state index contributed by atoms with van der Waals surface area (Å²) in [6.45, 7) is 2.10. The molecule has 0 unspecified atom stereocenters. The first-order valence-corrected chi connectivity index (χ1v) is 6.24. The summed E-state index contributed by atoms with van der Waals surface area (Å²) < 4.78 is 0. The topological polar surface area (TPSA) is 52.5 Å². The second-order valence-corrected chi connectivity index (χ2v) is 5.30. The van der Waals surface area contributed by atoms with Crippen molar-refractivity contribution in [3.8, 4) is 0 Å². The van der Waals surface area contributed by atoms with Gasteiger partial charge < -0.3 is 15.5 Å². The van der Waals surface area contributed by atoms with Crippen LogP contribution in [-0.2, 0) is 0 Å². The van der Waals surface area contributed by atoms with Crippen molar-refractivity contribution in [1.29, 1.82) is 0 Å². The van der Waals surface area contributed by atoms with E-state index in [0.717, 1.165) is 18.3 Å². The van der Waals surface area contributed by atoms with E-state index >= 15 is 0 Å². The summed E-state index contributed by atoms with van der Waals surface area (Å²) in [5.41, 5.74) is -0.449. The fourth-order valence-corrected chi connectivity index (χ4v) is 2.35. The van der Waals surface area contributed by atoms with E-state index in [4.69, 9.17) is 0 Å².